The van der Waals surface area contributed by atoms with Crippen LogP contribution in [0.25, 0.3) is 22.8 Å². The van der Waals surface area contributed by atoms with Gasteiger partial charge in [-0.25, -0.2) is 9.78 Å². The van der Waals surface area contributed by atoms with Gasteiger partial charge in [0.1, 0.15) is 0 Å². The average Bonchev–Trinajstić information content (AvgIpc) is 3.05. The third-order valence-corrected chi connectivity index (χ3v) is 3.12. The SMILES string of the molecule is COC(=O)c1ccc(-c2cnc(-c3ccccc3)o2)cc1. The molecule has 0 amide bonds. The molecular weight excluding hydrogens is 266 g/mol. The van der Waals surface area contributed by atoms with E-state index >= 15 is 0 Å². The van der Waals surface area contributed by atoms with Gasteiger partial charge in [-0.05, 0) is 24.3 Å². The van der Waals surface area contributed by atoms with Crippen LogP contribution in [0.15, 0.2) is 65.2 Å². The summed E-state index contributed by atoms with van der Waals surface area (Å²) in [7, 11) is 1.36. The number of aromatic nitrogens is 1. The second-order valence-electron chi connectivity index (χ2n) is 4.46. The number of benzene rings is 2. The number of methoxy groups -OCH3 is 1. The highest BCUT2D eigenvalue weighted by atomic mass is 16.5. The second kappa shape index (κ2) is 5.63. The summed E-state index contributed by atoms with van der Waals surface area (Å²) in [5.41, 5.74) is 2.29. The molecule has 21 heavy (non-hydrogen) atoms. The number of rotatable bonds is 3. The molecule has 0 aliphatic carbocycles. The highest BCUT2D eigenvalue weighted by molar-refractivity contribution is 5.89. The maximum absolute atomic E-state index is 11.4. The standard InChI is InChI=1S/C17H13NO3/c1-20-17(19)14-9-7-12(8-10-14)15-11-18-16(21-15)13-5-3-2-4-6-13/h2-11H,1H3. The number of oxazole rings is 1. The Hall–Kier alpha value is -2.88. The molecule has 0 bridgehead atoms. The van der Waals surface area contributed by atoms with E-state index in [4.69, 9.17) is 4.42 Å². The molecule has 0 aliphatic heterocycles. The van der Waals surface area contributed by atoms with E-state index in [-0.39, 0.29) is 5.97 Å². The Bertz CT molecular complexity index is 745. The molecule has 104 valence electrons. The molecule has 3 rings (SSSR count). The minimum atomic E-state index is -0.357. The highest BCUT2D eigenvalue weighted by Gasteiger charge is 2.10. The molecule has 0 saturated heterocycles. The van der Waals surface area contributed by atoms with Crippen molar-refractivity contribution in [2.75, 3.05) is 7.11 Å². The van der Waals surface area contributed by atoms with Crippen molar-refractivity contribution in [3.8, 4) is 22.8 Å². The van der Waals surface area contributed by atoms with Crippen LogP contribution in [0.5, 0.6) is 0 Å². The molecule has 0 saturated carbocycles. The summed E-state index contributed by atoms with van der Waals surface area (Å²) >= 11 is 0. The average molecular weight is 279 g/mol. The van der Waals surface area contributed by atoms with Crippen molar-refractivity contribution in [1.82, 2.24) is 4.98 Å². The van der Waals surface area contributed by atoms with Gasteiger partial charge in [0.25, 0.3) is 0 Å². The van der Waals surface area contributed by atoms with Crippen LogP contribution in [0.1, 0.15) is 10.4 Å². The van der Waals surface area contributed by atoms with Gasteiger partial charge in [0.2, 0.25) is 5.89 Å². The van der Waals surface area contributed by atoms with Gasteiger partial charge in [-0.15, -0.1) is 0 Å². The zero-order valence-corrected chi connectivity index (χ0v) is 11.4. The molecule has 1 aromatic heterocycles. The van der Waals surface area contributed by atoms with Crippen molar-refractivity contribution in [3.05, 3.63) is 66.4 Å². The molecule has 0 atom stereocenters. The fraction of sp³-hybridized carbons (Fsp3) is 0.0588. The van der Waals surface area contributed by atoms with Crippen LogP contribution in [-0.2, 0) is 4.74 Å². The third kappa shape index (κ3) is 2.69. The van der Waals surface area contributed by atoms with Crippen LogP contribution in [0.2, 0.25) is 0 Å². The van der Waals surface area contributed by atoms with Gasteiger partial charge in [-0.2, -0.15) is 0 Å². The maximum atomic E-state index is 11.4. The Labute approximate surface area is 122 Å². The summed E-state index contributed by atoms with van der Waals surface area (Å²) in [6.07, 6.45) is 1.68. The molecule has 2 aromatic carbocycles. The summed E-state index contributed by atoms with van der Waals surface area (Å²) in [4.78, 5) is 15.7. The Morgan fingerprint density at radius 3 is 2.38 bits per heavy atom. The van der Waals surface area contributed by atoms with Gasteiger partial charge in [0.15, 0.2) is 5.76 Å². The van der Waals surface area contributed by atoms with Gasteiger partial charge in [-0.1, -0.05) is 30.3 Å². The Morgan fingerprint density at radius 1 is 1.00 bits per heavy atom. The topological polar surface area (TPSA) is 52.3 Å². The fourth-order valence-electron chi connectivity index (χ4n) is 2.01. The Kier molecular flexibility index (Phi) is 3.51. The molecule has 0 radical (unpaired) electrons. The molecule has 1 heterocycles. The summed E-state index contributed by atoms with van der Waals surface area (Å²) in [5, 5.41) is 0. The van der Waals surface area contributed by atoms with Crippen LogP contribution in [0, 0.1) is 0 Å². The summed E-state index contributed by atoms with van der Waals surface area (Å²) in [6, 6.07) is 16.7. The van der Waals surface area contributed by atoms with Crippen molar-refractivity contribution in [3.63, 3.8) is 0 Å². The second-order valence-corrected chi connectivity index (χ2v) is 4.46. The van der Waals surface area contributed by atoms with Crippen molar-refractivity contribution in [2.45, 2.75) is 0 Å². The number of esters is 1. The van der Waals surface area contributed by atoms with E-state index in [2.05, 4.69) is 9.72 Å². The first-order chi connectivity index (χ1) is 10.3. The van der Waals surface area contributed by atoms with Crippen LogP contribution in [-0.4, -0.2) is 18.1 Å². The molecule has 4 heteroatoms. The third-order valence-electron chi connectivity index (χ3n) is 3.12. The van der Waals surface area contributed by atoms with Crippen molar-refractivity contribution in [2.24, 2.45) is 0 Å². The minimum absolute atomic E-state index is 0.357. The first kappa shape index (κ1) is 13.1. The first-order valence-corrected chi connectivity index (χ1v) is 6.48. The summed E-state index contributed by atoms with van der Waals surface area (Å²) in [6.45, 7) is 0. The van der Waals surface area contributed by atoms with Crippen LogP contribution in [0.3, 0.4) is 0 Å². The van der Waals surface area contributed by atoms with Crippen LogP contribution < -0.4 is 0 Å². The molecule has 3 aromatic rings. The first-order valence-electron chi connectivity index (χ1n) is 6.48. The quantitative estimate of drug-likeness (QED) is 0.684. The largest absolute Gasteiger partial charge is 0.465 e. The highest BCUT2D eigenvalue weighted by Crippen LogP contribution is 2.26. The molecule has 0 fully saturated rings. The van der Waals surface area contributed by atoms with Crippen molar-refractivity contribution in [1.29, 1.82) is 0 Å². The zero-order chi connectivity index (χ0) is 14.7. The van der Waals surface area contributed by atoms with E-state index in [0.29, 0.717) is 17.2 Å². The minimum Gasteiger partial charge on any atom is -0.465 e. The predicted molar refractivity (Wildman–Crippen MR) is 78.7 cm³/mol. The van der Waals surface area contributed by atoms with E-state index in [9.17, 15) is 4.79 Å². The maximum Gasteiger partial charge on any atom is 0.337 e. The van der Waals surface area contributed by atoms with E-state index < -0.39 is 0 Å². The van der Waals surface area contributed by atoms with Crippen LogP contribution >= 0.6 is 0 Å². The van der Waals surface area contributed by atoms with E-state index in [0.717, 1.165) is 11.1 Å². The lowest BCUT2D eigenvalue weighted by atomic mass is 10.1. The summed E-state index contributed by atoms with van der Waals surface area (Å²) in [5.74, 6) is 0.872. The van der Waals surface area contributed by atoms with Gasteiger partial charge in [0.05, 0.1) is 18.9 Å². The smallest absolute Gasteiger partial charge is 0.337 e. The zero-order valence-electron chi connectivity index (χ0n) is 11.4. The van der Waals surface area contributed by atoms with Gasteiger partial charge >= 0.3 is 5.97 Å². The summed E-state index contributed by atoms with van der Waals surface area (Å²) < 4.78 is 10.4. The van der Waals surface area contributed by atoms with E-state index in [1.807, 2.05) is 42.5 Å². The van der Waals surface area contributed by atoms with Crippen molar-refractivity contribution >= 4 is 5.97 Å². The number of hydrogen-bond donors (Lipinski definition) is 0. The van der Waals surface area contributed by atoms with Gasteiger partial charge in [-0.3, -0.25) is 0 Å². The van der Waals surface area contributed by atoms with Gasteiger partial charge < -0.3 is 9.15 Å². The molecule has 0 aliphatic rings. The number of hydrogen-bond acceptors (Lipinski definition) is 4. The number of ether oxygens (including phenoxy) is 1. The monoisotopic (exact) mass is 279 g/mol. The Morgan fingerprint density at radius 2 is 1.71 bits per heavy atom. The normalized spacial score (nSPS) is 10.3. The Balaban J connectivity index is 1.88. The lowest BCUT2D eigenvalue weighted by Crippen LogP contribution is -2.00. The van der Waals surface area contributed by atoms with Gasteiger partial charge in [0, 0.05) is 11.1 Å². The molecule has 0 unspecified atom stereocenters. The number of carbonyl (C=O) groups is 1. The molecular formula is C17H13NO3. The fourth-order valence-corrected chi connectivity index (χ4v) is 2.01. The van der Waals surface area contributed by atoms with E-state index in [1.54, 1.807) is 18.3 Å². The van der Waals surface area contributed by atoms with Crippen LogP contribution in [0.4, 0.5) is 0 Å². The lowest BCUT2D eigenvalue weighted by molar-refractivity contribution is 0.0601. The number of nitrogens with zero attached hydrogens (tertiary/aromatic N) is 1. The number of carbonyl (C=O) groups excluding carboxylic acids is 1. The lowest BCUT2D eigenvalue weighted by Gasteiger charge is -2.00. The van der Waals surface area contributed by atoms with E-state index in [1.165, 1.54) is 7.11 Å². The molecule has 0 spiro atoms. The predicted octanol–water partition coefficient (Wildman–Crippen LogP) is 3.80. The molecule has 4 nitrogen and oxygen atoms in total. The van der Waals surface area contributed by atoms with Crippen molar-refractivity contribution < 1.29 is 13.9 Å². The molecule has 0 N–H and O–H groups in total.